The Morgan fingerprint density at radius 2 is 1.33 bits per heavy atom. The fourth-order valence-electron chi connectivity index (χ4n) is 4.49. The highest BCUT2D eigenvalue weighted by Crippen LogP contribution is 2.26. The van der Waals surface area contributed by atoms with Crippen molar-refractivity contribution in [3.8, 4) is 0 Å². The zero-order chi connectivity index (χ0) is 32.5. The summed E-state index contributed by atoms with van der Waals surface area (Å²) in [5.41, 5.74) is 0.970. The molecule has 3 atom stereocenters. The molecule has 0 fully saturated rings. The molecule has 2 rings (SSSR count). The Hall–Kier alpha value is -3.88. The van der Waals surface area contributed by atoms with E-state index in [2.05, 4.69) is 10.6 Å². The minimum absolute atomic E-state index is 0.204. The smallest absolute Gasteiger partial charge is 0.408 e. The molecule has 0 bridgehead atoms. The summed E-state index contributed by atoms with van der Waals surface area (Å²) in [6, 6.07) is 13.3. The molecule has 43 heavy (non-hydrogen) atoms. The highest BCUT2D eigenvalue weighted by molar-refractivity contribution is 5.94. The predicted octanol–water partition coefficient (Wildman–Crippen LogP) is 5.51. The molecule has 9 nitrogen and oxygen atoms in total. The van der Waals surface area contributed by atoms with Gasteiger partial charge in [0.05, 0.1) is 0 Å². The van der Waals surface area contributed by atoms with E-state index in [0.29, 0.717) is 5.56 Å². The molecular weight excluding hydrogens is 546 g/mol. The lowest BCUT2D eigenvalue weighted by Crippen LogP contribution is -2.56. The van der Waals surface area contributed by atoms with Crippen molar-refractivity contribution in [3.05, 3.63) is 71.3 Å². The average Bonchev–Trinajstić information content (AvgIpc) is 2.89. The molecule has 0 radical (unpaired) electrons. The number of nitrogens with zero attached hydrogens (tertiary/aromatic N) is 1. The van der Waals surface area contributed by atoms with Crippen LogP contribution >= 0.6 is 0 Å². The molecule has 236 valence electrons. The Kier molecular flexibility index (Phi) is 12.3. The van der Waals surface area contributed by atoms with Gasteiger partial charge in [-0.05, 0) is 85.4 Å². The van der Waals surface area contributed by atoms with Crippen molar-refractivity contribution in [1.29, 1.82) is 0 Å². The van der Waals surface area contributed by atoms with Crippen molar-refractivity contribution in [1.82, 2.24) is 15.5 Å². The number of alkyl carbamates (subject to hydrolysis) is 1. The largest absolute Gasteiger partial charge is 0.458 e. The monoisotopic (exact) mass is 595 g/mol. The summed E-state index contributed by atoms with van der Waals surface area (Å²) in [6.07, 6.45) is 0.270. The Morgan fingerprint density at radius 1 is 0.767 bits per heavy atom. The van der Waals surface area contributed by atoms with Crippen molar-refractivity contribution < 1.29 is 28.7 Å². The van der Waals surface area contributed by atoms with Gasteiger partial charge in [0, 0.05) is 12.5 Å². The molecule has 3 amide bonds. The van der Waals surface area contributed by atoms with Crippen LogP contribution in [0.5, 0.6) is 0 Å². The number of ether oxygens (including phenoxy) is 2. The van der Waals surface area contributed by atoms with Crippen molar-refractivity contribution in [3.63, 3.8) is 0 Å². The third-order valence-corrected chi connectivity index (χ3v) is 6.44. The van der Waals surface area contributed by atoms with E-state index in [4.69, 9.17) is 9.47 Å². The SMILES string of the molecule is CCc1ccc(C(C(=O)NC(Cc2ccccc2)C(=O)OC(C)(C)C)N(C(=O)C(C)NC(=O)OC(C)(C)C)C(C)C)cc1. The van der Waals surface area contributed by atoms with Crippen LogP contribution in [0, 0.1) is 0 Å². The Balaban J connectivity index is 2.51. The van der Waals surface area contributed by atoms with Gasteiger partial charge in [0.2, 0.25) is 11.8 Å². The van der Waals surface area contributed by atoms with E-state index in [1.807, 2.05) is 61.5 Å². The number of carbonyl (C=O) groups is 4. The summed E-state index contributed by atoms with van der Waals surface area (Å²) < 4.78 is 11.0. The fourth-order valence-corrected chi connectivity index (χ4v) is 4.49. The second kappa shape index (κ2) is 15.0. The molecule has 0 saturated heterocycles. The van der Waals surface area contributed by atoms with Crippen molar-refractivity contribution in [2.75, 3.05) is 0 Å². The molecule has 0 aliphatic carbocycles. The van der Waals surface area contributed by atoms with E-state index in [9.17, 15) is 19.2 Å². The molecule has 9 heteroatoms. The third-order valence-electron chi connectivity index (χ3n) is 6.44. The Labute approximate surface area is 256 Å². The molecule has 0 saturated carbocycles. The van der Waals surface area contributed by atoms with Crippen LogP contribution in [-0.4, -0.2) is 58.1 Å². The summed E-state index contributed by atoms with van der Waals surface area (Å²) in [5.74, 6) is -1.59. The van der Waals surface area contributed by atoms with Crippen LogP contribution in [0.25, 0.3) is 0 Å². The number of benzene rings is 2. The van der Waals surface area contributed by atoms with E-state index in [1.165, 1.54) is 4.90 Å². The third kappa shape index (κ3) is 11.4. The maximum Gasteiger partial charge on any atom is 0.408 e. The number of nitrogens with one attached hydrogen (secondary N) is 2. The van der Waals surface area contributed by atoms with Gasteiger partial charge >= 0.3 is 12.1 Å². The van der Waals surface area contributed by atoms with E-state index < -0.39 is 59.2 Å². The molecule has 2 aromatic carbocycles. The van der Waals surface area contributed by atoms with E-state index in [1.54, 1.807) is 62.3 Å². The van der Waals surface area contributed by atoms with Crippen molar-refractivity contribution in [2.24, 2.45) is 0 Å². The quantitative estimate of drug-likeness (QED) is 0.331. The van der Waals surface area contributed by atoms with Crippen molar-refractivity contribution >= 4 is 23.9 Å². The zero-order valence-corrected chi connectivity index (χ0v) is 27.3. The number of carbonyl (C=O) groups excluding carboxylic acids is 4. The van der Waals surface area contributed by atoms with Crippen LogP contribution in [0.1, 0.15) is 92.0 Å². The first-order chi connectivity index (χ1) is 19.9. The van der Waals surface area contributed by atoms with Gasteiger partial charge in [0.1, 0.15) is 29.3 Å². The van der Waals surface area contributed by atoms with Crippen LogP contribution in [0.15, 0.2) is 54.6 Å². The topological polar surface area (TPSA) is 114 Å². The van der Waals surface area contributed by atoms with Crippen LogP contribution < -0.4 is 10.6 Å². The molecule has 0 heterocycles. The number of rotatable bonds is 11. The first-order valence-electron chi connectivity index (χ1n) is 14.9. The molecule has 2 aromatic rings. The minimum atomic E-state index is -1.10. The van der Waals surface area contributed by atoms with E-state index in [0.717, 1.165) is 17.5 Å². The first kappa shape index (κ1) is 35.3. The summed E-state index contributed by atoms with van der Waals surface area (Å²) in [5, 5.41) is 5.49. The molecule has 0 aliphatic heterocycles. The standard InChI is InChI=1S/C34H49N3O6/c1-11-24-17-19-26(20-18-24)28(37(22(2)3)30(39)23(4)35-32(41)43-34(8,9)10)29(38)36-27(31(40)42-33(5,6)7)21-25-15-13-12-14-16-25/h12-20,22-23,27-28H,11,21H2,1-10H3,(H,35,41)(H,36,38). The number of hydrogen-bond donors (Lipinski definition) is 2. The number of aryl methyl sites for hydroxylation is 1. The maximum absolute atomic E-state index is 14.2. The van der Waals surface area contributed by atoms with E-state index in [-0.39, 0.29) is 6.42 Å². The van der Waals surface area contributed by atoms with Crippen LogP contribution in [0.3, 0.4) is 0 Å². The summed E-state index contributed by atoms with van der Waals surface area (Å²) in [7, 11) is 0. The minimum Gasteiger partial charge on any atom is -0.458 e. The fraction of sp³-hybridized carbons (Fsp3) is 0.529. The van der Waals surface area contributed by atoms with Gasteiger partial charge in [-0.25, -0.2) is 9.59 Å². The van der Waals surface area contributed by atoms with Gasteiger partial charge in [-0.3, -0.25) is 9.59 Å². The highest BCUT2D eigenvalue weighted by Gasteiger charge is 2.38. The normalized spacial score (nSPS) is 13.8. The second-order valence-corrected chi connectivity index (χ2v) is 13.0. The zero-order valence-electron chi connectivity index (χ0n) is 27.3. The predicted molar refractivity (Wildman–Crippen MR) is 167 cm³/mol. The van der Waals surface area contributed by atoms with Crippen molar-refractivity contribution in [2.45, 2.75) is 117 Å². The van der Waals surface area contributed by atoms with Gasteiger partial charge in [0.15, 0.2) is 0 Å². The Morgan fingerprint density at radius 3 is 1.81 bits per heavy atom. The molecule has 0 aliphatic rings. The number of hydrogen-bond acceptors (Lipinski definition) is 6. The second-order valence-electron chi connectivity index (χ2n) is 13.0. The number of esters is 1. The van der Waals surface area contributed by atoms with E-state index >= 15 is 0 Å². The first-order valence-corrected chi connectivity index (χ1v) is 14.9. The lowest BCUT2D eigenvalue weighted by molar-refractivity contribution is -0.159. The molecule has 0 aromatic heterocycles. The molecular formula is C34H49N3O6. The van der Waals surface area contributed by atoms with Gasteiger partial charge in [-0.15, -0.1) is 0 Å². The summed E-state index contributed by atoms with van der Waals surface area (Å²) >= 11 is 0. The lowest BCUT2D eigenvalue weighted by atomic mass is 9.98. The van der Waals surface area contributed by atoms with Gasteiger partial charge < -0.3 is 25.0 Å². The average molecular weight is 596 g/mol. The Bertz CT molecular complexity index is 1230. The summed E-state index contributed by atoms with van der Waals surface area (Å²) in [6.45, 7) is 17.7. The molecule has 2 N–H and O–H groups in total. The maximum atomic E-state index is 14.2. The molecule has 0 spiro atoms. The van der Waals surface area contributed by atoms with Gasteiger partial charge in [-0.1, -0.05) is 61.5 Å². The molecule has 3 unspecified atom stereocenters. The lowest BCUT2D eigenvalue weighted by Gasteiger charge is -2.37. The van der Waals surface area contributed by atoms with Gasteiger partial charge in [-0.2, -0.15) is 0 Å². The summed E-state index contributed by atoms with van der Waals surface area (Å²) in [4.78, 5) is 55.4. The van der Waals surface area contributed by atoms with Crippen LogP contribution in [-0.2, 0) is 36.7 Å². The highest BCUT2D eigenvalue weighted by atomic mass is 16.6. The van der Waals surface area contributed by atoms with Crippen LogP contribution in [0.2, 0.25) is 0 Å². The van der Waals surface area contributed by atoms with Gasteiger partial charge in [0.25, 0.3) is 0 Å². The number of amides is 3. The van der Waals surface area contributed by atoms with Crippen LogP contribution in [0.4, 0.5) is 4.79 Å².